The molecule has 7 nitrogen and oxygen atoms in total. The van der Waals surface area contributed by atoms with Gasteiger partial charge in [0, 0.05) is 37.3 Å². The molecule has 0 spiro atoms. The van der Waals surface area contributed by atoms with Gasteiger partial charge < -0.3 is 19.0 Å². The highest BCUT2D eigenvalue weighted by atomic mass is 16.5. The van der Waals surface area contributed by atoms with Gasteiger partial charge in [-0.15, -0.1) is 0 Å². The Kier molecular flexibility index (Phi) is 4.19. The second-order valence-electron chi connectivity index (χ2n) is 7.79. The smallest absolute Gasteiger partial charge is 0.298 e. The second-order valence-corrected chi connectivity index (χ2v) is 7.79. The van der Waals surface area contributed by atoms with E-state index in [1.165, 1.54) is 16.6 Å². The van der Waals surface area contributed by atoms with E-state index in [-0.39, 0.29) is 0 Å². The number of para-hydroxylation sites is 1. The predicted molar refractivity (Wildman–Crippen MR) is 118 cm³/mol. The summed E-state index contributed by atoms with van der Waals surface area (Å²) in [6.45, 7) is 4.89. The number of fused-ring (bicyclic) bond motifs is 2. The maximum absolute atomic E-state index is 5.97. The molecule has 2 aromatic carbocycles. The molecule has 30 heavy (non-hydrogen) atoms. The van der Waals surface area contributed by atoms with Crippen LogP contribution < -0.4 is 9.80 Å². The maximum atomic E-state index is 5.97. The summed E-state index contributed by atoms with van der Waals surface area (Å²) < 4.78 is 11.4. The number of morpholine rings is 1. The van der Waals surface area contributed by atoms with Crippen LogP contribution in [0.25, 0.3) is 27.6 Å². The Labute approximate surface area is 173 Å². The number of nitrogens with one attached hydrogen (secondary N) is 1. The Hall–Kier alpha value is -3.32. The molecule has 0 bridgehead atoms. The minimum Gasteiger partial charge on any atom is -0.423 e. The standard InChI is InChI=1S/C23H23N5O2/c1-2-4-19-18(3-1)22(26-25-19)16-7-9-27(10-8-16)17-5-6-21-20(15-17)24-23(30-21)28-11-13-29-14-12-28/h1-7,15H,8-14H2,(H,25,26). The lowest BCUT2D eigenvalue weighted by Gasteiger charge is -2.28. The van der Waals surface area contributed by atoms with Crippen molar-refractivity contribution in [3.8, 4) is 0 Å². The maximum Gasteiger partial charge on any atom is 0.298 e. The highest BCUT2D eigenvalue weighted by Crippen LogP contribution is 2.31. The molecular weight excluding hydrogens is 378 g/mol. The van der Waals surface area contributed by atoms with Crippen molar-refractivity contribution in [2.45, 2.75) is 6.42 Å². The number of nitrogens with zero attached hydrogens (tertiary/aromatic N) is 4. The Bertz CT molecular complexity index is 1230. The number of H-pyrrole nitrogens is 1. The molecule has 2 aliphatic rings. The van der Waals surface area contributed by atoms with E-state index in [9.17, 15) is 0 Å². The molecule has 0 aliphatic carbocycles. The Balaban J connectivity index is 1.24. The van der Waals surface area contributed by atoms with E-state index in [0.717, 1.165) is 68.1 Å². The van der Waals surface area contributed by atoms with E-state index < -0.39 is 0 Å². The normalized spacial score (nSPS) is 17.7. The van der Waals surface area contributed by atoms with Gasteiger partial charge in [0.05, 0.1) is 24.4 Å². The topological polar surface area (TPSA) is 70.4 Å². The van der Waals surface area contributed by atoms with Gasteiger partial charge in [-0.1, -0.05) is 24.3 Å². The molecule has 0 radical (unpaired) electrons. The molecule has 0 unspecified atom stereocenters. The van der Waals surface area contributed by atoms with Crippen molar-refractivity contribution >= 4 is 39.3 Å². The molecule has 4 aromatic rings. The van der Waals surface area contributed by atoms with E-state index >= 15 is 0 Å². The van der Waals surface area contributed by atoms with E-state index in [0.29, 0.717) is 6.01 Å². The zero-order chi connectivity index (χ0) is 19.9. The van der Waals surface area contributed by atoms with E-state index in [1.807, 2.05) is 12.1 Å². The summed E-state index contributed by atoms with van der Waals surface area (Å²) in [5.74, 6) is 0. The third-order valence-corrected chi connectivity index (χ3v) is 5.99. The molecule has 0 saturated carbocycles. The number of hydrogen-bond donors (Lipinski definition) is 1. The molecule has 1 fully saturated rings. The first-order valence-electron chi connectivity index (χ1n) is 10.5. The van der Waals surface area contributed by atoms with Crippen molar-refractivity contribution in [1.29, 1.82) is 0 Å². The van der Waals surface area contributed by atoms with Gasteiger partial charge in [0.2, 0.25) is 0 Å². The van der Waals surface area contributed by atoms with Crippen molar-refractivity contribution < 1.29 is 9.15 Å². The molecule has 1 N–H and O–H groups in total. The van der Waals surface area contributed by atoms with E-state index in [4.69, 9.17) is 14.1 Å². The van der Waals surface area contributed by atoms with Crippen LogP contribution in [0.5, 0.6) is 0 Å². The summed E-state index contributed by atoms with van der Waals surface area (Å²) in [4.78, 5) is 9.25. The summed E-state index contributed by atoms with van der Waals surface area (Å²) >= 11 is 0. The van der Waals surface area contributed by atoms with Crippen LogP contribution in [0.3, 0.4) is 0 Å². The fourth-order valence-electron chi connectivity index (χ4n) is 4.32. The summed E-state index contributed by atoms with van der Waals surface area (Å²) in [5, 5.41) is 8.89. The van der Waals surface area contributed by atoms with Crippen molar-refractivity contribution in [1.82, 2.24) is 15.2 Å². The molecule has 2 aromatic heterocycles. The van der Waals surface area contributed by atoms with Crippen LogP contribution in [-0.2, 0) is 4.74 Å². The third kappa shape index (κ3) is 3.02. The largest absolute Gasteiger partial charge is 0.423 e. The van der Waals surface area contributed by atoms with Gasteiger partial charge in [-0.2, -0.15) is 10.1 Å². The van der Waals surface area contributed by atoms with Crippen molar-refractivity contribution in [2.75, 3.05) is 49.2 Å². The first-order valence-corrected chi connectivity index (χ1v) is 10.5. The number of anilines is 2. The van der Waals surface area contributed by atoms with Crippen LogP contribution in [-0.4, -0.2) is 54.6 Å². The molecule has 7 heteroatoms. The van der Waals surface area contributed by atoms with Crippen LogP contribution >= 0.6 is 0 Å². The van der Waals surface area contributed by atoms with Gasteiger partial charge >= 0.3 is 0 Å². The molecule has 0 atom stereocenters. The fraction of sp³-hybridized carbons (Fsp3) is 0.304. The van der Waals surface area contributed by atoms with Crippen molar-refractivity contribution in [3.05, 3.63) is 54.2 Å². The van der Waals surface area contributed by atoms with Crippen LogP contribution in [0, 0.1) is 0 Å². The predicted octanol–water partition coefficient (Wildman–Crippen LogP) is 3.83. The zero-order valence-electron chi connectivity index (χ0n) is 16.7. The molecule has 152 valence electrons. The Morgan fingerprint density at radius 1 is 0.967 bits per heavy atom. The number of oxazole rings is 1. The van der Waals surface area contributed by atoms with Crippen molar-refractivity contribution in [3.63, 3.8) is 0 Å². The lowest BCUT2D eigenvalue weighted by atomic mass is 10.0. The number of aromatic nitrogens is 3. The number of aromatic amines is 1. The lowest BCUT2D eigenvalue weighted by molar-refractivity contribution is 0.120. The molecule has 6 rings (SSSR count). The summed E-state index contributed by atoms with van der Waals surface area (Å²) in [5.41, 5.74) is 6.38. The number of ether oxygens (including phenoxy) is 1. The fourth-order valence-corrected chi connectivity index (χ4v) is 4.32. The lowest BCUT2D eigenvalue weighted by Crippen LogP contribution is -2.36. The number of benzene rings is 2. The third-order valence-electron chi connectivity index (χ3n) is 5.99. The average molecular weight is 401 g/mol. The summed E-state index contributed by atoms with van der Waals surface area (Å²) in [7, 11) is 0. The van der Waals surface area contributed by atoms with E-state index in [1.54, 1.807) is 0 Å². The minimum absolute atomic E-state index is 0.691. The first kappa shape index (κ1) is 17.5. The molecule has 4 heterocycles. The summed E-state index contributed by atoms with van der Waals surface area (Å²) in [6, 6.07) is 15.3. The van der Waals surface area contributed by atoms with Crippen LogP contribution in [0.1, 0.15) is 12.1 Å². The van der Waals surface area contributed by atoms with Crippen LogP contribution in [0.4, 0.5) is 11.7 Å². The first-order chi connectivity index (χ1) is 14.8. The average Bonchev–Trinajstić information content (AvgIpc) is 3.44. The van der Waals surface area contributed by atoms with Gasteiger partial charge in [-0.3, -0.25) is 5.10 Å². The Morgan fingerprint density at radius 3 is 2.73 bits per heavy atom. The highest BCUT2D eigenvalue weighted by molar-refractivity contribution is 5.90. The second kappa shape index (κ2) is 7.18. The highest BCUT2D eigenvalue weighted by Gasteiger charge is 2.20. The molecule has 1 saturated heterocycles. The van der Waals surface area contributed by atoms with E-state index in [2.05, 4.69) is 56.4 Å². The Morgan fingerprint density at radius 2 is 1.87 bits per heavy atom. The number of rotatable bonds is 3. The molecule has 2 aliphatic heterocycles. The van der Waals surface area contributed by atoms with Crippen LogP contribution in [0.15, 0.2) is 53.0 Å². The van der Waals surface area contributed by atoms with Gasteiger partial charge in [-0.05, 0) is 36.3 Å². The minimum atomic E-state index is 0.691. The number of hydrogen-bond acceptors (Lipinski definition) is 6. The SMILES string of the molecule is C1=C(c2n[nH]c3ccccc23)CCN(c2ccc3oc(N4CCOCC4)nc3c2)C1. The van der Waals surface area contributed by atoms with Gasteiger partial charge in [0.15, 0.2) is 5.58 Å². The molecule has 0 amide bonds. The van der Waals surface area contributed by atoms with Crippen LogP contribution in [0.2, 0.25) is 0 Å². The quantitative estimate of drug-likeness (QED) is 0.563. The molecular formula is C23H23N5O2. The monoisotopic (exact) mass is 401 g/mol. The van der Waals surface area contributed by atoms with Gasteiger partial charge in [0.1, 0.15) is 5.52 Å². The van der Waals surface area contributed by atoms with Gasteiger partial charge in [0.25, 0.3) is 6.01 Å². The zero-order valence-corrected chi connectivity index (χ0v) is 16.7. The van der Waals surface area contributed by atoms with Gasteiger partial charge in [-0.25, -0.2) is 0 Å². The summed E-state index contributed by atoms with van der Waals surface area (Å²) in [6.07, 6.45) is 3.25. The van der Waals surface area contributed by atoms with Crippen molar-refractivity contribution in [2.24, 2.45) is 0 Å².